The topological polar surface area (TPSA) is 47.0 Å². The molecule has 0 saturated heterocycles. The number of hydrogen-bond acceptors (Lipinski definition) is 5. The summed E-state index contributed by atoms with van der Waals surface area (Å²) in [6, 6.07) is 7.85. The van der Waals surface area contributed by atoms with Crippen LogP contribution in [0, 0.1) is 0 Å². The van der Waals surface area contributed by atoms with E-state index in [9.17, 15) is 0 Å². The lowest BCUT2D eigenvalue weighted by molar-refractivity contribution is 0.415. The van der Waals surface area contributed by atoms with E-state index >= 15 is 0 Å². The first-order valence-corrected chi connectivity index (χ1v) is 7.27. The molecule has 3 rings (SSSR count). The number of nitrogens with one attached hydrogen (secondary N) is 1. The van der Waals surface area contributed by atoms with Crippen LogP contribution in [0.3, 0.4) is 0 Å². The standard InChI is InChI=1S/C14H15N3OS/c1-15-14-11-7-19-8-12(11)16-13(17-14)9-4-3-5-10(6-9)18-2/h3-6H,7-8H2,1-2H3,(H,15,16,17). The Labute approximate surface area is 116 Å². The number of fused-ring (bicyclic) bond motifs is 1. The Morgan fingerprint density at radius 2 is 2.16 bits per heavy atom. The third-order valence-electron chi connectivity index (χ3n) is 3.14. The van der Waals surface area contributed by atoms with Gasteiger partial charge in [-0.2, -0.15) is 11.8 Å². The van der Waals surface area contributed by atoms with Gasteiger partial charge in [0.2, 0.25) is 0 Å². The Bertz CT molecular complexity index is 616. The summed E-state index contributed by atoms with van der Waals surface area (Å²) in [5.41, 5.74) is 3.36. The summed E-state index contributed by atoms with van der Waals surface area (Å²) >= 11 is 1.88. The van der Waals surface area contributed by atoms with E-state index < -0.39 is 0 Å². The lowest BCUT2D eigenvalue weighted by atomic mass is 10.1. The van der Waals surface area contributed by atoms with Crippen LogP contribution in [-0.2, 0) is 11.5 Å². The number of ether oxygens (including phenoxy) is 1. The van der Waals surface area contributed by atoms with Crippen LogP contribution in [0.5, 0.6) is 5.75 Å². The molecule has 2 heterocycles. The van der Waals surface area contributed by atoms with Crippen LogP contribution < -0.4 is 10.1 Å². The highest BCUT2D eigenvalue weighted by Crippen LogP contribution is 2.34. The minimum absolute atomic E-state index is 0.754. The van der Waals surface area contributed by atoms with Gasteiger partial charge in [-0.15, -0.1) is 0 Å². The largest absolute Gasteiger partial charge is 0.497 e. The van der Waals surface area contributed by atoms with E-state index in [2.05, 4.69) is 15.3 Å². The Morgan fingerprint density at radius 1 is 1.26 bits per heavy atom. The minimum Gasteiger partial charge on any atom is -0.497 e. The minimum atomic E-state index is 0.754. The fourth-order valence-corrected chi connectivity index (χ4v) is 3.19. The molecule has 0 saturated carbocycles. The molecule has 5 heteroatoms. The van der Waals surface area contributed by atoms with E-state index in [1.807, 2.05) is 43.1 Å². The zero-order valence-electron chi connectivity index (χ0n) is 10.9. The van der Waals surface area contributed by atoms with Crippen LogP contribution in [0.4, 0.5) is 5.82 Å². The second-order valence-electron chi connectivity index (χ2n) is 4.30. The van der Waals surface area contributed by atoms with E-state index in [0.29, 0.717) is 0 Å². The summed E-state index contributed by atoms with van der Waals surface area (Å²) in [4.78, 5) is 9.30. The molecule has 1 aromatic heterocycles. The molecule has 0 radical (unpaired) electrons. The zero-order valence-corrected chi connectivity index (χ0v) is 11.8. The van der Waals surface area contributed by atoms with Crippen molar-refractivity contribution in [1.82, 2.24) is 9.97 Å². The third kappa shape index (κ3) is 2.26. The van der Waals surface area contributed by atoms with Gasteiger partial charge in [-0.05, 0) is 12.1 Å². The second kappa shape index (κ2) is 5.09. The molecule has 0 aliphatic carbocycles. The maximum absolute atomic E-state index is 5.25. The number of benzene rings is 1. The lowest BCUT2D eigenvalue weighted by Crippen LogP contribution is -2.03. The van der Waals surface area contributed by atoms with Crippen LogP contribution in [0.1, 0.15) is 11.3 Å². The Balaban J connectivity index is 2.10. The molecule has 0 atom stereocenters. The number of thioether (sulfide) groups is 1. The Morgan fingerprint density at radius 3 is 2.95 bits per heavy atom. The first kappa shape index (κ1) is 12.3. The molecular formula is C14H15N3OS. The van der Waals surface area contributed by atoms with Crippen molar-refractivity contribution in [3.63, 3.8) is 0 Å². The maximum atomic E-state index is 5.25. The Kier molecular flexibility index (Phi) is 3.29. The molecule has 1 N–H and O–H groups in total. The predicted octanol–water partition coefficient (Wildman–Crippen LogP) is 2.94. The second-order valence-corrected chi connectivity index (χ2v) is 5.28. The van der Waals surface area contributed by atoms with Crippen LogP contribution in [-0.4, -0.2) is 24.1 Å². The maximum Gasteiger partial charge on any atom is 0.161 e. The average Bonchev–Trinajstić information content (AvgIpc) is 2.94. The molecule has 0 fully saturated rings. The Hall–Kier alpha value is -1.75. The van der Waals surface area contributed by atoms with Gasteiger partial charge in [-0.3, -0.25) is 0 Å². The van der Waals surface area contributed by atoms with Crippen LogP contribution in [0.25, 0.3) is 11.4 Å². The van der Waals surface area contributed by atoms with Gasteiger partial charge in [0.25, 0.3) is 0 Å². The summed E-state index contributed by atoms with van der Waals surface area (Å²) in [7, 11) is 3.57. The monoisotopic (exact) mass is 273 g/mol. The van der Waals surface area contributed by atoms with Gasteiger partial charge in [-0.1, -0.05) is 12.1 Å². The van der Waals surface area contributed by atoms with Crippen LogP contribution >= 0.6 is 11.8 Å². The summed E-state index contributed by atoms with van der Waals surface area (Å²) in [5, 5.41) is 3.17. The van der Waals surface area contributed by atoms with E-state index in [4.69, 9.17) is 4.74 Å². The number of anilines is 1. The molecule has 19 heavy (non-hydrogen) atoms. The van der Waals surface area contributed by atoms with Crippen molar-refractivity contribution in [2.24, 2.45) is 0 Å². The van der Waals surface area contributed by atoms with Gasteiger partial charge >= 0.3 is 0 Å². The van der Waals surface area contributed by atoms with E-state index in [1.165, 1.54) is 5.56 Å². The van der Waals surface area contributed by atoms with Crippen molar-refractivity contribution < 1.29 is 4.74 Å². The lowest BCUT2D eigenvalue weighted by Gasteiger charge is -2.09. The van der Waals surface area contributed by atoms with Crippen molar-refractivity contribution in [2.75, 3.05) is 19.5 Å². The third-order valence-corrected chi connectivity index (χ3v) is 4.11. The molecule has 98 valence electrons. The van der Waals surface area contributed by atoms with Gasteiger partial charge in [0.1, 0.15) is 11.6 Å². The van der Waals surface area contributed by atoms with Crippen molar-refractivity contribution in [3.8, 4) is 17.1 Å². The molecule has 2 aromatic rings. The van der Waals surface area contributed by atoms with E-state index in [-0.39, 0.29) is 0 Å². The molecule has 1 aliphatic heterocycles. The highest BCUT2D eigenvalue weighted by atomic mass is 32.2. The van der Waals surface area contributed by atoms with Crippen molar-refractivity contribution in [1.29, 1.82) is 0 Å². The molecule has 4 nitrogen and oxygen atoms in total. The number of rotatable bonds is 3. The first-order valence-electron chi connectivity index (χ1n) is 6.11. The smallest absolute Gasteiger partial charge is 0.161 e. The highest BCUT2D eigenvalue weighted by molar-refractivity contribution is 7.98. The fourth-order valence-electron chi connectivity index (χ4n) is 2.15. The van der Waals surface area contributed by atoms with Gasteiger partial charge in [0.15, 0.2) is 5.82 Å². The average molecular weight is 273 g/mol. The van der Waals surface area contributed by atoms with Gasteiger partial charge < -0.3 is 10.1 Å². The highest BCUT2D eigenvalue weighted by Gasteiger charge is 2.19. The summed E-state index contributed by atoms with van der Waals surface area (Å²) in [6.45, 7) is 0. The van der Waals surface area contributed by atoms with Gasteiger partial charge in [0, 0.05) is 29.7 Å². The predicted molar refractivity (Wildman–Crippen MR) is 78.6 cm³/mol. The van der Waals surface area contributed by atoms with E-state index in [0.717, 1.165) is 40.2 Å². The number of methoxy groups -OCH3 is 1. The molecule has 1 aromatic carbocycles. The first-order chi connectivity index (χ1) is 9.31. The normalized spacial score (nSPS) is 13.2. The summed E-state index contributed by atoms with van der Waals surface area (Å²) < 4.78 is 5.25. The molecule has 1 aliphatic rings. The SMILES string of the molecule is CNc1nc(-c2cccc(OC)c2)nc2c1CSC2. The molecule has 0 unspecified atom stereocenters. The van der Waals surface area contributed by atoms with Gasteiger partial charge in [-0.25, -0.2) is 9.97 Å². The fraction of sp³-hybridized carbons (Fsp3) is 0.286. The molecule has 0 amide bonds. The van der Waals surface area contributed by atoms with Crippen molar-refractivity contribution in [2.45, 2.75) is 11.5 Å². The summed E-state index contributed by atoms with van der Waals surface area (Å²) in [5.74, 6) is 4.47. The number of nitrogens with zero attached hydrogens (tertiary/aromatic N) is 2. The van der Waals surface area contributed by atoms with Gasteiger partial charge in [0.05, 0.1) is 12.8 Å². The van der Waals surface area contributed by atoms with Crippen molar-refractivity contribution in [3.05, 3.63) is 35.5 Å². The van der Waals surface area contributed by atoms with Crippen molar-refractivity contribution >= 4 is 17.6 Å². The quantitative estimate of drug-likeness (QED) is 0.931. The van der Waals surface area contributed by atoms with E-state index in [1.54, 1.807) is 7.11 Å². The number of aromatic nitrogens is 2. The molecule has 0 bridgehead atoms. The number of hydrogen-bond donors (Lipinski definition) is 1. The molecular weight excluding hydrogens is 258 g/mol. The van der Waals surface area contributed by atoms with Crippen LogP contribution in [0.2, 0.25) is 0 Å². The van der Waals surface area contributed by atoms with Crippen LogP contribution in [0.15, 0.2) is 24.3 Å². The zero-order chi connectivity index (χ0) is 13.2. The summed E-state index contributed by atoms with van der Waals surface area (Å²) in [6.07, 6.45) is 0. The molecule has 0 spiro atoms.